The van der Waals surface area contributed by atoms with E-state index >= 15 is 0 Å². The number of hydrogen-bond donors (Lipinski definition) is 1. The van der Waals surface area contributed by atoms with Gasteiger partial charge in [-0.1, -0.05) is 13.0 Å². The summed E-state index contributed by atoms with van der Waals surface area (Å²) in [5.74, 6) is 0. The molecule has 1 aliphatic rings. The molecule has 0 aromatic carbocycles. The average molecular weight is 277 g/mol. The number of rotatable bonds is 5. The van der Waals surface area contributed by atoms with Crippen molar-refractivity contribution in [1.82, 2.24) is 14.8 Å². The van der Waals surface area contributed by atoms with Gasteiger partial charge in [-0.3, -0.25) is 14.8 Å². The van der Waals surface area contributed by atoms with Crippen LogP contribution >= 0.6 is 0 Å². The highest BCUT2D eigenvalue weighted by atomic mass is 16.3. The molecule has 1 aliphatic heterocycles. The summed E-state index contributed by atoms with van der Waals surface area (Å²) in [6.07, 6.45) is 4.67. The molecule has 0 radical (unpaired) electrons. The van der Waals surface area contributed by atoms with Gasteiger partial charge in [0.05, 0.1) is 6.10 Å². The van der Waals surface area contributed by atoms with Gasteiger partial charge in [0.2, 0.25) is 0 Å². The minimum Gasteiger partial charge on any atom is -0.392 e. The SMILES string of the molecule is CCC1CN(C(C)c2cccnc2)CCN1CC(C)O. The van der Waals surface area contributed by atoms with Gasteiger partial charge < -0.3 is 5.11 Å². The van der Waals surface area contributed by atoms with Crippen molar-refractivity contribution in [2.75, 3.05) is 26.2 Å². The summed E-state index contributed by atoms with van der Waals surface area (Å²) in [5, 5.41) is 9.61. The van der Waals surface area contributed by atoms with E-state index in [1.54, 1.807) is 0 Å². The van der Waals surface area contributed by atoms with Gasteiger partial charge in [-0.15, -0.1) is 0 Å². The molecule has 0 aliphatic carbocycles. The number of piperazine rings is 1. The molecule has 1 fully saturated rings. The summed E-state index contributed by atoms with van der Waals surface area (Å²) in [7, 11) is 0. The fourth-order valence-electron chi connectivity index (χ4n) is 3.07. The Morgan fingerprint density at radius 3 is 2.80 bits per heavy atom. The third-order valence-electron chi connectivity index (χ3n) is 4.32. The lowest BCUT2D eigenvalue weighted by molar-refractivity contribution is 0.0222. The van der Waals surface area contributed by atoms with Crippen molar-refractivity contribution in [3.8, 4) is 0 Å². The molecule has 3 atom stereocenters. The van der Waals surface area contributed by atoms with Crippen LogP contribution in [0.2, 0.25) is 0 Å². The molecule has 0 spiro atoms. The van der Waals surface area contributed by atoms with E-state index in [0.29, 0.717) is 12.1 Å². The first-order valence-corrected chi connectivity index (χ1v) is 7.68. The summed E-state index contributed by atoms with van der Waals surface area (Å²) >= 11 is 0. The first-order chi connectivity index (χ1) is 9.61. The predicted molar refractivity (Wildman–Crippen MR) is 81.6 cm³/mol. The highest BCUT2D eigenvalue weighted by molar-refractivity contribution is 5.13. The van der Waals surface area contributed by atoms with Gasteiger partial charge in [-0.05, 0) is 31.9 Å². The maximum atomic E-state index is 9.61. The second-order valence-electron chi connectivity index (χ2n) is 5.86. The molecule has 1 aromatic heterocycles. The maximum Gasteiger partial charge on any atom is 0.0639 e. The van der Waals surface area contributed by atoms with Gasteiger partial charge in [0, 0.05) is 50.7 Å². The van der Waals surface area contributed by atoms with Crippen molar-refractivity contribution in [3.05, 3.63) is 30.1 Å². The molecule has 20 heavy (non-hydrogen) atoms. The van der Waals surface area contributed by atoms with E-state index in [9.17, 15) is 5.11 Å². The largest absolute Gasteiger partial charge is 0.392 e. The fourth-order valence-corrected chi connectivity index (χ4v) is 3.07. The molecule has 0 bridgehead atoms. The minimum atomic E-state index is -0.244. The number of hydrogen-bond acceptors (Lipinski definition) is 4. The van der Waals surface area contributed by atoms with Gasteiger partial charge in [0.15, 0.2) is 0 Å². The molecule has 3 unspecified atom stereocenters. The number of nitrogens with zero attached hydrogens (tertiary/aromatic N) is 3. The normalized spacial score (nSPS) is 24.5. The molecule has 1 N–H and O–H groups in total. The van der Waals surface area contributed by atoms with Crippen LogP contribution in [0.4, 0.5) is 0 Å². The first kappa shape index (κ1) is 15.4. The molecule has 4 heteroatoms. The van der Waals surface area contributed by atoms with Crippen LogP contribution in [0.15, 0.2) is 24.5 Å². The van der Waals surface area contributed by atoms with E-state index in [1.807, 2.05) is 25.4 Å². The highest BCUT2D eigenvalue weighted by Crippen LogP contribution is 2.24. The van der Waals surface area contributed by atoms with E-state index in [0.717, 1.165) is 32.6 Å². The Morgan fingerprint density at radius 2 is 2.20 bits per heavy atom. The van der Waals surface area contributed by atoms with Crippen molar-refractivity contribution < 1.29 is 5.11 Å². The Balaban J connectivity index is 1.99. The number of aromatic nitrogens is 1. The average Bonchev–Trinajstić information content (AvgIpc) is 2.47. The molecular formula is C16H27N3O. The summed E-state index contributed by atoms with van der Waals surface area (Å²) in [5.41, 5.74) is 1.28. The van der Waals surface area contributed by atoms with Crippen molar-refractivity contribution in [1.29, 1.82) is 0 Å². The Bertz CT molecular complexity index is 396. The molecule has 4 nitrogen and oxygen atoms in total. The minimum absolute atomic E-state index is 0.244. The van der Waals surface area contributed by atoms with Crippen LogP contribution in [0.1, 0.15) is 38.8 Å². The van der Waals surface area contributed by atoms with Gasteiger partial charge in [-0.2, -0.15) is 0 Å². The second kappa shape index (κ2) is 7.16. The number of aliphatic hydroxyl groups is 1. The lowest BCUT2D eigenvalue weighted by atomic mass is 10.0. The number of pyridine rings is 1. The molecule has 2 rings (SSSR count). The van der Waals surface area contributed by atoms with Crippen LogP contribution in [0, 0.1) is 0 Å². The molecule has 1 aromatic rings. The van der Waals surface area contributed by atoms with Crippen molar-refractivity contribution >= 4 is 0 Å². The van der Waals surface area contributed by atoms with Crippen LogP contribution in [0.25, 0.3) is 0 Å². The Hall–Kier alpha value is -0.970. The highest BCUT2D eigenvalue weighted by Gasteiger charge is 2.29. The van der Waals surface area contributed by atoms with Crippen molar-refractivity contribution in [3.63, 3.8) is 0 Å². The van der Waals surface area contributed by atoms with Crippen LogP contribution in [-0.2, 0) is 0 Å². The Kier molecular flexibility index (Phi) is 5.52. The standard InChI is InChI=1S/C16H27N3O/c1-4-16-12-18(8-9-19(16)11-13(2)20)14(3)15-6-5-7-17-10-15/h5-7,10,13-14,16,20H,4,8-9,11-12H2,1-3H3. The van der Waals surface area contributed by atoms with Gasteiger partial charge in [0.1, 0.15) is 0 Å². The van der Waals surface area contributed by atoms with Crippen LogP contribution in [0.3, 0.4) is 0 Å². The predicted octanol–water partition coefficient (Wildman–Crippen LogP) is 1.92. The van der Waals surface area contributed by atoms with E-state index in [2.05, 4.69) is 34.7 Å². The number of β-amino-alcohol motifs (C(OH)–C–C–N with tert-alkyl or cyclic N) is 1. The molecular weight excluding hydrogens is 250 g/mol. The zero-order valence-electron chi connectivity index (χ0n) is 12.9. The molecule has 2 heterocycles. The Morgan fingerprint density at radius 1 is 1.40 bits per heavy atom. The van der Waals surface area contributed by atoms with Crippen LogP contribution in [0.5, 0.6) is 0 Å². The van der Waals surface area contributed by atoms with Gasteiger partial charge in [0.25, 0.3) is 0 Å². The van der Waals surface area contributed by atoms with Crippen molar-refractivity contribution in [2.24, 2.45) is 0 Å². The topological polar surface area (TPSA) is 39.6 Å². The first-order valence-electron chi connectivity index (χ1n) is 7.68. The summed E-state index contributed by atoms with van der Waals surface area (Å²) in [4.78, 5) is 9.18. The van der Waals surface area contributed by atoms with E-state index in [4.69, 9.17) is 0 Å². The quantitative estimate of drug-likeness (QED) is 0.892. The molecule has 1 saturated heterocycles. The van der Waals surface area contributed by atoms with E-state index < -0.39 is 0 Å². The lowest BCUT2D eigenvalue weighted by Crippen LogP contribution is -2.54. The van der Waals surface area contributed by atoms with Crippen LogP contribution < -0.4 is 0 Å². The summed E-state index contributed by atoms with van der Waals surface area (Å²) in [6.45, 7) is 10.3. The monoisotopic (exact) mass is 277 g/mol. The van der Waals surface area contributed by atoms with Gasteiger partial charge in [-0.25, -0.2) is 0 Å². The van der Waals surface area contributed by atoms with Crippen LogP contribution in [-0.4, -0.2) is 58.2 Å². The smallest absolute Gasteiger partial charge is 0.0639 e. The number of aliphatic hydroxyl groups excluding tert-OH is 1. The molecule has 112 valence electrons. The Labute approximate surface area is 122 Å². The summed E-state index contributed by atoms with van der Waals surface area (Å²) < 4.78 is 0. The van der Waals surface area contributed by atoms with E-state index in [-0.39, 0.29) is 6.10 Å². The zero-order valence-corrected chi connectivity index (χ0v) is 12.9. The fraction of sp³-hybridized carbons (Fsp3) is 0.688. The summed E-state index contributed by atoms with van der Waals surface area (Å²) in [6, 6.07) is 5.11. The molecule has 0 amide bonds. The van der Waals surface area contributed by atoms with Crippen molar-refractivity contribution in [2.45, 2.75) is 45.4 Å². The van der Waals surface area contributed by atoms with Gasteiger partial charge >= 0.3 is 0 Å². The third-order valence-corrected chi connectivity index (χ3v) is 4.32. The lowest BCUT2D eigenvalue weighted by Gasteiger charge is -2.44. The molecule has 0 saturated carbocycles. The zero-order chi connectivity index (χ0) is 14.5. The second-order valence-corrected chi connectivity index (χ2v) is 5.86. The van der Waals surface area contributed by atoms with E-state index in [1.165, 1.54) is 5.56 Å². The maximum absolute atomic E-state index is 9.61. The third kappa shape index (κ3) is 3.78.